The molecule has 1 aliphatic carbocycles. The molecule has 3 heteroatoms. The molecule has 0 saturated heterocycles. The molecule has 0 aromatic heterocycles. The van der Waals surface area contributed by atoms with Crippen LogP contribution in [0.3, 0.4) is 0 Å². The van der Waals surface area contributed by atoms with Crippen molar-refractivity contribution in [1.29, 1.82) is 0 Å². The summed E-state index contributed by atoms with van der Waals surface area (Å²) in [6, 6.07) is 0.526. The van der Waals surface area contributed by atoms with Gasteiger partial charge >= 0.3 is 0 Å². The molecule has 0 aromatic rings. The Morgan fingerprint density at radius 3 is 2.79 bits per heavy atom. The SMILES string of the molecule is CCCCS(=O)C1CCCC1NCC. The van der Waals surface area contributed by atoms with Crippen molar-refractivity contribution >= 4 is 10.8 Å². The number of unbranched alkanes of at least 4 members (excludes halogenated alkanes) is 1. The van der Waals surface area contributed by atoms with Gasteiger partial charge in [0.25, 0.3) is 0 Å². The molecule has 0 aromatic carbocycles. The summed E-state index contributed by atoms with van der Waals surface area (Å²) >= 11 is 0. The minimum atomic E-state index is -0.589. The monoisotopic (exact) mass is 217 g/mol. The lowest BCUT2D eigenvalue weighted by atomic mass is 10.2. The van der Waals surface area contributed by atoms with Crippen LogP contribution < -0.4 is 5.32 Å². The Morgan fingerprint density at radius 2 is 2.14 bits per heavy atom. The van der Waals surface area contributed by atoms with Crippen molar-refractivity contribution in [2.75, 3.05) is 12.3 Å². The lowest BCUT2D eigenvalue weighted by molar-refractivity contribution is 0.540. The number of rotatable bonds is 6. The molecule has 1 rings (SSSR count). The largest absolute Gasteiger partial charge is 0.313 e. The first-order valence-corrected chi connectivity index (χ1v) is 7.28. The summed E-state index contributed by atoms with van der Waals surface area (Å²) in [5.41, 5.74) is 0. The Kier molecular flexibility index (Phi) is 5.71. The van der Waals surface area contributed by atoms with Crippen molar-refractivity contribution in [3.8, 4) is 0 Å². The molecule has 0 spiro atoms. The highest BCUT2D eigenvalue weighted by Gasteiger charge is 2.30. The van der Waals surface area contributed by atoms with Gasteiger partial charge in [0.15, 0.2) is 0 Å². The molecular formula is C11H23NOS. The number of hydrogen-bond donors (Lipinski definition) is 1. The highest BCUT2D eigenvalue weighted by molar-refractivity contribution is 7.85. The topological polar surface area (TPSA) is 29.1 Å². The van der Waals surface area contributed by atoms with Crippen LogP contribution in [0.15, 0.2) is 0 Å². The average Bonchev–Trinajstić information content (AvgIpc) is 2.63. The van der Waals surface area contributed by atoms with E-state index in [0.717, 1.165) is 31.6 Å². The van der Waals surface area contributed by atoms with Crippen LogP contribution in [0, 0.1) is 0 Å². The van der Waals surface area contributed by atoms with Gasteiger partial charge in [-0.05, 0) is 25.8 Å². The van der Waals surface area contributed by atoms with E-state index in [2.05, 4.69) is 19.2 Å². The van der Waals surface area contributed by atoms with Gasteiger partial charge in [-0.2, -0.15) is 0 Å². The summed E-state index contributed by atoms with van der Waals surface area (Å²) < 4.78 is 12.0. The summed E-state index contributed by atoms with van der Waals surface area (Å²) in [4.78, 5) is 0. The summed E-state index contributed by atoms with van der Waals surface area (Å²) in [7, 11) is -0.589. The predicted octanol–water partition coefficient (Wildman–Crippen LogP) is 2.07. The Morgan fingerprint density at radius 1 is 1.36 bits per heavy atom. The molecule has 0 heterocycles. The zero-order valence-electron chi connectivity index (χ0n) is 9.42. The molecule has 1 saturated carbocycles. The molecule has 0 bridgehead atoms. The van der Waals surface area contributed by atoms with Crippen molar-refractivity contribution in [3.63, 3.8) is 0 Å². The van der Waals surface area contributed by atoms with Crippen molar-refractivity contribution < 1.29 is 4.21 Å². The zero-order valence-corrected chi connectivity index (χ0v) is 10.2. The first-order chi connectivity index (χ1) is 6.79. The minimum absolute atomic E-state index is 0.432. The average molecular weight is 217 g/mol. The third-order valence-electron chi connectivity index (χ3n) is 2.96. The van der Waals surface area contributed by atoms with Crippen LogP contribution in [0.5, 0.6) is 0 Å². The van der Waals surface area contributed by atoms with Gasteiger partial charge in [0.05, 0.1) is 5.25 Å². The normalized spacial score (nSPS) is 29.3. The van der Waals surface area contributed by atoms with E-state index in [9.17, 15) is 4.21 Å². The van der Waals surface area contributed by atoms with E-state index in [1.54, 1.807) is 0 Å². The quantitative estimate of drug-likeness (QED) is 0.738. The second-order valence-corrected chi connectivity index (χ2v) is 5.85. The van der Waals surface area contributed by atoms with E-state index in [4.69, 9.17) is 0 Å². The molecule has 1 aliphatic rings. The third-order valence-corrected chi connectivity index (χ3v) is 4.89. The van der Waals surface area contributed by atoms with Gasteiger partial charge in [0.1, 0.15) is 0 Å². The Balaban J connectivity index is 2.36. The summed E-state index contributed by atoms with van der Waals surface area (Å²) in [6.07, 6.45) is 5.90. The molecule has 2 nitrogen and oxygen atoms in total. The van der Waals surface area contributed by atoms with Crippen LogP contribution in [0.25, 0.3) is 0 Å². The van der Waals surface area contributed by atoms with E-state index < -0.39 is 10.8 Å². The minimum Gasteiger partial charge on any atom is -0.313 e. The van der Waals surface area contributed by atoms with Gasteiger partial charge in [0.2, 0.25) is 0 Å². The van der Waals surface area contributed by atoms with E-state index in [1.165, 1.54) is 12.8 Å². The molecule has 1 fully saturated rings. The Hall–Kier alpha value is 0.110. The van der Waals surface area contributed by atoms with Crippen LogP contribution >= 0.6 is 0 Å². The van der Waals surface area contributed by atoms with Crippen molar-refractivity contribution in [3.05, 3.63) is 0 Å². The highest BCUT2D eigenvalue weighted by atomic mass is 32.2. The molecule has 0 amide bonds. The summed E-state index contributed by atoms with van der Waals surface area (Å²) in [5.74, 6) is 0.906. The third kappa shape index (κ3) is 3.35. The molecule has 0 radical (unpaired) electrons. The van der Waals surface area contributed by atoms with Crippen molar-refractivity contribution in [2.24, 2.45) is 0 Å². The van der Waals surface area contributed by atoms with Crippen LogP contribution in [-0.2, 0) is 10.8 Å². The molecule has 0 aliphatic heterocycles. The number of hydrogen-bond acceptors (Lipinski definition) is 2. The summed E-state index contributed by atoms with van der Waals surface area (Å²) in [6.45, 7) is 5.30. The molecule has 1 N–H and O–H groups in total. The molecule has 3 unspecified atom stereocenters. The van der Waals surface area contributed by atoms with Gasteiger partial charge in [-0.25, -0.2) is 0 Å². The highest BCUT2D eigenvalue weighted by Crippen LogP contribution is 2.24. The first kappa shape index (κ1) is 12.2. The van der Waals surface area contributed by atoms with Crippen LogP contribution in [0.1, 0.15) is 46.0 Å². The maximum Gasteiger partial charge on any atom is 0.0501 e. The molecule has 14 heavy (non-hydrogen) atoms. The Labute approximate surface area is 90.3 Å². The van der Waals surface area contributed by atoms with Gasteiger partial charge in [-0.1, -0.05) is 26.7 Å². The molecule has 3 atom stereocenters. The van der Waals surface area contributed by atoms with Gasteiger partial charge in [-0.15, -0.1) is 0 Å². The van der Waals surface area contributed by atoms with Crippen molar-refractivity contribution in [2.45, 2.75) is 57.2 Å². The molecular weight excluding hydrogens is 194 g/mol. The van der Waals surface area contributed by atoms with Crippen molar-refractivity contribution in [1.82, 2.24) is 5.32 Å². The second kappa shape index (κ2) is 6.57. The zero-order chi connectivity index (χ0) is 10.4. The van der Waals surface area contributed by atoms with Crippen LogP contribution in [-0.4, -0.2) is 27.8 Å². The predicted molar refractivity (Wildman–Crippen MR) is 63.0 cm³/mol. The smallest absolute Gasteiger partial charge is 0.0501 e. The van der Waals surface area contributed by atoms with Gasteiger partial charge in [-0.3, -0.25) is 4.21 Å². The van der Waals surface area contributed by atoms with E-state index in [1.807, 2.05) is 0 Å². The van der Waals surface area contributed by atoms with Gasteiger partial charge < -0.3 is 5.32 Å². The molecule has 84 valence electrons. The number of nitrogens with one attached hydrogen (secondary N) is 1. The standard InChI is InChI=1S/C11H23NOS/c1-3-5-9-14(13)11-8-6-7-10(11)12-4-2/h10-12H,3-9H2,1-2H3. The second-order valence-electron chi connectivity index (χ2n) is 4.07. The van der Waals surface area contributed by atoms with Crippen LogP contribution in [0.2, 0.25) is 0 Å². The fraction of sp³-hybridized carbons (Fsp3) is 1.00. The fourth-order valence-electron chi connectivity index (χ4n) is 2.17. The lowest BCUT2D eigenvalue weighted by Gasteiger charge is -2.19. The maximum absolute atomic E-state index is 12.0. The Bertz CT molecular complexity index is 184. The van der Waals surface area contributed by atoms with E-state index in [-0.39, 0.29) is 0 Å². The fourth-order valence-corrected chi connectivity index (χ4v) is 4.08. The lowest BCUT2D eigenvalue weighted by Crippen LogP contribution is -2.38. The first-order valence-electron chi connectivity index (χ1n) is 5.90. The van der Waals surface area contributed by atoms with E-state index in [0.29, 0.717) is 11.3 Å². The summed E-state index contributed by atoms with van der Waals surface area (Å²) in [5, 5.41) is 3.89. The van der Waals surface area contributed by atoms with Crippen LogP contribution in [0.4, 0.5) is 0 Å². The maximum atomic E-state index is 12.0. The van der Waals surface area contributed by atoms with Gasteiger partial charge in [0, 0.05) is 22.6 Å². The van der Waals surface area contributed by atoms with E-state index >= 15 is 0 Å².